The first-order chi connectivity index (χ1) is 8.40. The number of rotatable bonds is 6. The molecule has 1 aliphatic heterocycles. The summed E-state index contributed by atoms with van der Waals surface area (Å²) >= 11 is 0. The summed E-state index contributed by atoms with van der Waals surface area (Å²) in [6, 6.07) is -1.17. The molecule has 8 heteroatoms. The summed E-state index contributed by atoms with van der Waals surface area (Å²) < 4.78 is 0. The quantitative estimate of drug-likeness (QED) is 0.434. The van der Waals surface area contributed by atoms with Crippen LogP contribution >= 0.6 is 0 Å². The van der Waals surface area contributed by atoms with E-state index < -0.39 is 29.7 Å². The molecule has 0 bridgehead atoms. The van der Waals surface area contributed by atoms with Crippen LogP contribution in [0.15, 0.2) is 0 Å². The highest BCUT2D eigenvalue weighted by atomic mass is 16.4. The minimum atomic E-state index is -1.23. The van der Waals surface area contributed by atoms with Gasteiger partial charge in [-0.25, -0.2) is 4.79 Å². The summed E-state index contributed by atoms with van der Waals surface area (Å²) in [6.45, 7) is 0.201. The Balaban J connectivity index is 2.49. The molecular formula is C10H15N3O5. The van der Waals surface area contributed by atoms with Gasteiger partial charge in [0.15, 0.2) is 0 Å². The topological polar surface area (TPSA) is 139 Å². The van der Waals surface area contributed by atoms with Gasteiger partial charge in [-0.3, -0.25) is 14.4 Å². The lowest BCUT2D eigenvalue weighted by Crippen LogP contribution is -2.44. The van der Waals surface area contributed by atoms with E-state index in [-0.39, 0.29) is 31.7 Å². The smallest absolute Gasteiger partial charge is 0.326 e. The number of carboxylic acid groups (broad SMARTS) is 1. The van der Waals surface area contributed by atoms with Crippen LogP contribution in [0.3, 0.4) is 0 Å². The standard InChI is InChI=1S/C10H15N3O5/c11-7(14)2-1-6(10(17)18)13-9(16)5-3-8(15)12-4-5/h5-6H,1-4H2,(H2,11,14)(H,12,15)(H,13,16)(H,17,18). The Morgan fingerprint density at radius 3 is 2.61 bits per heavy atom. The van der Waals surface area contributed by atoms with E-state index in [1.807, 2.05) is 0 Å². The Bertz CT molecular complexity index is 382. The second-order valence-corrected chi connectivity index (χ2v) is 4.11. The lowest BCUT2D eigenvalue weighted by Gasteiger charge is -2.15. The number of carboxylic acids is 1. The molecule has 2 unspecified atom stereocenters. The van der Waals surface area contributed by atoms with Crippen molar-refractivity contribution in [2.45, 2.75) is 25.3 Å². The minimum absolute atomic E-state index is 0.0496. The highest BCUT2D eigenvalue weighted by Crippen LogP contribution is 2.10. The minimum Gasteiger partial charge on any atom is -0.480 e. The van der Waals surface area contributed by atoms with E-state index in [1.54, 1.807) is 0 Å². The molecule has 1 rings (SSSR count). The van der Waals surface area contributed by atoms with Gasteiger partial charge in [0.1, 0.15) is 6.04 Å². The van der Waals surface area contributed by atoms with Crippen molar-refractivity contribution >= 4 is 23.7 Å². The molecule has 8 nitrogen and oxygen atoms in total. The van der Waals surface area contributed by atoms with E-state index in [2.05, 4.69) is 10.6 Å². The maximum absolute atomic E-state index is 11.7. The van der Waals surface area contributed by atoms with Gasteiger partial charge < -0.3 is 21.5 Å². The van der Waals surface area contributed by atoms with E-state index >= 15 is 0 Å². The Kier molecular flexibility index (Phi) is 4.64. The van der Waals surface area contributed by atoms with Gasteiger partial charge in [0.2, 0.25) is 17.7 Å². The van der Waals surface area contributed by atoms with E-state index in [0.29, 0.717) is 0 Å². The Morgan fingerprint density at radius 2 is 2.17 bits per heavy atom. The van der Waals surface area contributed by atoms with Gasteiger partial charge in [-0.1, -0.05) is 0 Å². The molecule has 1 fully saturated rings. The number of hydrogen-bond acceptors (Lipinski definition) is 4. The molecule has 2 atom stereocenters. The molecule has 0 spiro atoms. The Labute approximate surface area is 103 Å². The summed E-state index contributed by atoms with van der Waals surface area (Å²) in [4.78, 5) is 44.0. The van der Waals surface area contributed by atoms with Gasteiger partial charge in [-0.05, 0) is 6.42 Å². The number of carbonyl (C=O) groups is 4. The van der Waals surface area contributed by atoms with Crippen molar-refractivity contribution < 1.29 is 24.3 Å². The zero-order valence-electron chi connectivity index (χ0n) is 9.64. The first kappa shape index (κ1) is 13.9. The molecule has 0 aromatic heterocycles. The van der Waals surface area contributed by atoms with Crippen molar-refractivity contribution in [1.29, 1.82) is 0 Å². The summed E-state index contributed by atoms with van der Waals surface area (Å²) in [5, 5.41) is 13.7. The van der Waals surface area contributed by atoms with Crippen LogP contribution in [0.2, 0.25) is 0 Å². The van der Waals surface area contributed by atoms with Crippen molar-refractivity contribution in [1.82, 2.24) is 10.6 Å². The van der Waals surface area contributed by atoms with Gasteiger partial charge in [0.05, 0.1) is 5.92 Å². The Morgan fingerprint density at radius 1 is 1.50 bits per heavy atom. The zero-order chi connectivity index (χ0) is 13.7. The van der Waals surface area contributed by atoms with Crippen LogP contribution in [-0.4, -0.2) is 41.4 Å². The van der Waals surface area contributed by atoms with Crippen LogP contribution in [0.4, 0.5) is 0 Å². The molecule has 0 saturated carbocycles. The molecule has 0 aromatic carbocycles. The summed E-state index contributed by atoms with van der Waals surface area (Å²) in [5.74, 6) is -3.17. The van der Waals surface area contributed by atoms with Gasteiger partial charge in [0.25, 0.3) is 0 Å². The number of primary amides is 1. The lowest BCUT2D eigenvalue weighted by atomic mass is 10.1. The number of amides is 3. The maximum Gasteiger partial charge on any atom is 0.326 e. The fourth-order valence-corrected chi connectivity index (χ4v) is 1.62. The highest BCUT2D eigenvalue weighted by molar-refractivity contribution is 5.91. The largest absolute Gasteiger partial charge is 0.480 e. The van der Waals surface area contributed by atoms with Gasteiger partial charge in [-0.2, -0.15) is 0 Å². The molecule has 18 heavy (non-hydrogen) atoms. The lowest BCUT2D eigenvalue weighted by molar-refractivity contribution is -0.142. The van der Waals surface area contributed by atoms with Gasteiger partial charge in [-0.15, -0.1) is 0 Å². The monoisotopic (exact) mass is 257 g/mol. The number of hydrogen-bond donors (Lipinski definition) is 4. The average Bonchev–Trinajstić information content (AvgIpc) is 2.70. The van der Waals surface area contributed by atoms with E-state index in [4.69, 9.17) is 10.8 Å². The number of nitrogens with one attached hydrogen (secondary N) is 2. The molecular weight excluding hydrogens is 242 g/mol. The van der Waals surface area contributed by atoms with Crippen molar-refractivity contribution in [3.05, 3.63) is 0 Å². The first-order valence-corrected chi connectivity index (χ1v) is 5.48. The average molecular weight is 257 g/mol. The second-order valence-electron chi connectivity index (χ2n) is 4.11. The molecule has 5 N–H and O–H groups in total. The fraction of sp³-hybridized carbons (Fsp3) is 0.600. The predicted octanol–water partition coefficient (Wildman–Crippen LogP) is -2.04. The molecule has 1 aliphatic rings. The fourth-order valence-electron chi connectivity index (χ4n) is 1.62. The molecule has 1 heterocycles. The van der Waals surface area contributed by atoms with Gasteiger partial charge in [0, 0.05) is 19.4 Å². The maximum atomic E-state index is 11.7. The van der Waals surface area contributed by atoms with Crippen LogP contribution in [0.5, 0.6) is 0 Å². The SMILES string of the molecule is NC(=O)CCC(NC(=O)C1CNC(=O)C1)C(=O)O. The summed E-state index contributed by atoms with van der Waals surface area (Å²) in [6.07, 6.45) is -0.141. The third-order valence-electron chi connectivity index (χ3n) is 2.64. The first-order valence-electron chi connectivity index (χ1n) is 5.48. The Hall–Kier alpha value is -2.12. The van der Waals surface area contributed by atoms with Gasteiger partial charge >= 0.3 is 5.97 Å². The molecule has 0 aliphatic carbocycles. The van der Waals surface area contributed by atoms with Crippen LogP contribution in [0, 0.1) is 5.92 Å². The third kappa shape index (κ3) is 4.04. The van der Waals surface area contributed by atoms with E-state index in [9.17, 15) is 19.2 Å². The van der Waals surface area contributed by atoms with E-state index in [1.165, 1.54) is 0 Å². The third-order valence-corrected chi connectivity index (χ3v) is 2.64. The van der Waals surface area contributed by atoms with Crippen LogP contribution < -0.4 is 16.4 Å². The highest BCUT2D eigenvalue weighted by Gasteiger charge is 2.30. The van der Waals surface area contributed by atoms with Crippen LogP contribution in [-0.2, 0) is 19.2 Å². The van der Waals surface area contributed by atoms with Crippen LogP contribution in [0.25, 0.3) is 0 Å². The summed E-state index contributed by atoms with van der Waals surface area (Å²) in [7, 11) is 0. The van der Waals surface area contributed by atoms with Crippen molar-refractivity contribution in [3.63, 3.8) is 0 Å². The van der Waals surface area contributed by atoms with Crippen molar-refractivity contribution in [2.24, 2.45) is 11.7 Å². The molecule has 1 saturated heterocycles. The molecule has 3 amide bonds. The zero-order valence-corrected chi connectivity index (χ0v) is 9.64. The molecule has 0 aromatic rings. The number of carbonyl (C=O) groups excluding carboxylic acids is 3. The molecule has 0 radical (unpaired) electrons. The normalized spacial score (nSPS) is 20.0. The number of aliphatic carboxylic acids is 1. The van der Waals surface area contributed by atoms with Crippen molar-refractivity contribution in [2.75, 3.05) is 6.54 Å². The predicted molar refractivity (Wildman–Crippen MR) is 59.1 cm³/mol. The summed E-state index contributed by atoms with van der Waals surface area (Å²) in [5.41, 5.74) is 4.91. The second kappa shape index (κ2) is 5.99. The van der Waals surface area contributed by atoms with Crippen molar-refractivity contribution in [3.8, 4) is 0 Å². The van der Waals surface area contributed by atoms with E-state index in [0.717, 1.165) is 0 Å². The molecule has 100 valence electrons. The number of nitrogens with two attached hydrogens (primary N) is 1. The van der Waals surface area contributed by atoms with Crippen LogP contribution in [0.1, 0.15) is 19.3 Å².